The Morgan fingerprint density at radius 1 is 1.52 bits per heavy atom. The van der Waals surface area contributed by atoms with Crippen molar-refractivity contribution in [3.05, 3.63) is 18.1 Å². The Morgan fingerprint density at radius 3 is 3.00 bits per heavy atom. The average molecular weight is 288 g/mol. The number of rotatable bonds is 3. The quantitative estimate of drug-likeness (QED) is 0.647. The molecule has 0 radical (unpaired) electrons. The Labute approximate surface area is 121 Å². The van der Waals surface area contributed by atoms with E-state index in [1.54, 1.807) is 7.05 Å². The van der Waals surface area contributed by atoms with E-state index < -0.39 is 5.60 Å². The molecular weight excluding hydrogens is 270 g/mol. The molecule has 2 aromatic heterocycles. The molecule has 1 fully saturated rings. The molecule has 110 valence electrons. The third-order valence-electron chi connectivity index (χ3n) is 3.97. The van der Waals surface area contributed by atoms with E-state index in [9.17, 15) is 5.11 Å². The van der Waals surface area contributed by atoms with Gasteiger partial charge in [-0.15, -0.1) is 0 Å². The maximum absolute atomic E-state index is 10.3. The van der Waals surface area contributed by atoms with Crippen LogP contribution in [-0.4, -0.2) is 38.8 Å². The lowest BCUT2D eigenvalue weighted by Crippen LogP contribution is -2.47. The van der Waals surface area contributed by atoms with Crippen LogP contribution in [-0.2, 0) is 0 Å². The van der Waals surface area contributed by atoms with Gasteiger partial charge in [-0.2, -0.15) is 0 Å². The van der Waals surface area contributed by atoms with Gasteiger partial charge in [0.2, 0.25) is 4.91 Å². The fourth-order valence-corrected chi connectivity index (χ4v) is 2.95. The lowest BCUT2D eigenvalue weighted by molar-refractivity contribution is -0.0587. The van der Waals surface area contributed by atoms with Crippen LogP contribution in [0.4, 0.5) is 5.82 Å². The third kappa shape index (κ3) is 2.28. The molecule has 2 heterocycles. The van der Waals surface area contributed by atoms with Crippen LogP contribution in [0.2, 0.25) is 0 Å². The van der Waals surface area contributed by atoms with Crippen LogP contribution in [0.15, 0.2) is 22.8 Å². The molecule has 1 saturated carbocycles. The Hall–Kier alpha value is -2.31. The fourth-order valence-electron chi connectivity index (χ4n) is 2.95. The van der Waals surface area contributed by atoms with Crippen molar-refractivity contribution in [2.24, 2.45) is 10.2 Å². The Balaban J connectivity index is 1.85. The monoisotopic (exact) mass is 288 g/mol. The topological polar surface area (TPSA) is 116 Å². The zero-order valence-corrected chi connectivity index (χ0v) is 12.1. The maximum Gasteiger partial charge on any atom is 0.216 e. The zero-order chi connectivity index (χ0) is 15.0. The zero-order valence-electron chi connectivity index (χ0n) is 12.1. The van der Waals surface area contributed by atoms with Gasteiger partial charge in [-0.1, -0.05) is 0 Å². The number of hydrogen-bond donors (Lipinski definition) is 2. The van der Waals surface area contributed by atoms with Crippen LogP contribution >= 0.6 is 0 Å². The first-order valence-corrected chi connectivity index (χ1v) is 6.80. The Bertz CT molecular complexity index is 738. The number of nitrogens with two attached hydrogens (primary N) is 1. The highest BCUT2D eigenvalue weighted by molar-refractivity contribution is 5.89. The van der Waals surface area contributed by atoms with Crippen molar-refractivity contribution in [3.8, 4) is 0 Å². The lowest BCUT2D eigenvalue weighted by Gasteiger charge is -2.42. The molecule has 8 heteroatoms. The van der Waals surface area contributed by atoms with Gasteiger partial charge in [0, 0.05) is 12.2 Å². The summed E-state index contributed by atoms with van der Waals surface area (Å²) in [6.45, 7) is 2.26. The van der Waals surface area contributed by atoms with E-state index in [4.69, 9.17) is 5.73 Å². The summed E-state index contributed by atoms with van der Waals surface area (Å²) >= 11 is 0. The van der Waals surface area contributed by atoms with Crippen molar-refractivity contribution in [1.82, 2.24) is 19.4 Å². The second-order valence-corrected chi connectivity index (χ2v) is 5.55. The van der Waals surface area contributed by atoms with Gasteiger partial charge in [0.15, 0.2) is 6.54 Å². The molecule has 1 aliphatic rings. The van der Waals surface area contributed by atoms with E-state index in [0.29, 0.717) is 18.7 Å². The first-order valence-electron chi connectivity index (χ1n) is 6.80. The van der Waals surface area contributed by atoms with Gasteiger partial charge in [0.25, 0.3) is 0 Å². The number of aryl methyl sites for hydroxylation is 1. The molecule has 0 atom stereocenters. The molecule has 21 heavy (non-hydrogen) atoms. The molecule has 1 aliphatic carbocycles. The molecule has 0 aliphatic heterocycles. The molecular formula is C13H18N7O+. The molecule has 0 aromatic carbocycles. The lowest BCUT2D eigenvalue weighted by atomic mass is 9.75. The van der Waals surface area contributed by atoms with E-state index in [1.165, 1.54) is 6.33 Å². The van der Waals surface area contributed by atoms with Crippen LogP contribution < -0.4 is 10.6 Å². The van der Waals surface area contributed by atoms with Gasteiger partial charge in [-0.3, -0.25) is 0 Å². The number of anilines is 1. The largest absolute Gasteiger partial charge is 0.388 e. The summed E-state index contributed by atoms with van der Waals surface area (Å²) < 4.78 is 2.07. The second kappa shape index (κ2) is 4.91. The number of nitrogens with zero attached hydrogens (tertiary/aromatic N) is 6. The van der Waals surface area contributed by atoms with Gasteiger partial charge in [0.05, 0.1) is 11.0 Å². The summed E-state index contributed by atoms with van der Waals surface area (Å²) in [6, 6.07) is 0.189. The van der Waals surface area contributed by atoms with E-state index in [0.717, 1.165) is 16.6 Å². The smallest absolute Gasteiger partial charge is 0.216 e. The van der Waals surface area contributed by atoms with Crippen molar-refractivity contribution in [1.29, 1.82) is 0 Å². The molecule has 3 rings (SSSR count). The molecule has 0 saturated heterocycles. The van der Waals surface area contributed by atoms with E-state index in [1.807, 2.05) is 13.1 Å². The number of aromatic nitrogens is 3. The average Bonchev–Trinajstić information content (AvgIpc) is 2.74. The highest BCUT2D eigenvalue weighted by Gasteiger charge is 2.45. The second-order valence-electron chi connectivity index (χ2n) is 5.55. The van der Waals surface area contributed by atoms with Crippen molar-refractivity contribution in [2.45, 2.75) is 31.4 Å². The molecule has 0 unspecified atom stereocenters. The first kappa shape index (κ1) is 13.7. The summed E-state index contributed by atoms with van der Waals surface area (Å²) in [7, 11) is 1.55. The highest BCUT2D eigenvalue weighted by Crippen LogP contribution is 2.43. The van der Waals surface area contributed by atoms with Gasteiger partial charge < -0.3 is 15.4 Å². The van der Waals surface area contributed by atoms with Crippen LogP contribution in [0.3, 0.4) is 0 Å². The maximum atomic E-state index is 10.3. The predicted molar refractivity (Wildman–Crippen MR) is 77.7 cm³/mol. The summed E-state index contributed by atoms with van der Waals surface area (Å²) in [4.78, 5) is 11.9. The number of hydrogen-bond acceptors (Lipinski definition) is 6. The predicted octanol–water partition coefficient (Wildman–Crippen LogP) is 0.989. The summed E-state index contributed by atoms with van der Waals surface area (Å²) in [6.07, 6.45) is 4.71. The number of nitrogen functional groups attached to an aromatic ring is 1. The van der Waals surface area contributed by atoms with E-state index in [-0.39, 0.29) is 12.6 Å². The molecule has 0 amide bonds. The molecule has 0 spiro atoms. The van der Waals surface area contributed by atoms with Crippen LogP contribution in [0.5, 0.6) is 0 Å². The third-order valence-corrected chi connectivity index (χ3v) is 3.97. The summed E-state index contributed by atoms with van der Waals surface area (Å²) in [5.41, 5.74) is 6.97. The Kier molecular flexibility index (Phi) is 3.19. The summed E-state index contributed by atoms with van der Waals surface area (Å²) in [5.74, 6) is 0.490. The molecule has 0 bridgehead atoms. The first-order chi connectivity index (χ1) is 10.0. The van der Waals surface area contributed by atoms with Crippen LogP contribution in [0.1, 0.15) is 24.4 Å². The normalized spacial score (nSPS) is 24.4. The van der Waals surface area contributed by atoms with Crippen LogP contribution in [0, 0.1) is 6.92 Å². The van der Waals surface area contributed by atoms with Crippen molar-refractivity contribution in [3.63, 3.8) is 0 Å². The molecule has 2 aromatic rings. The Morgan fingerprint density at radius 2 is 2.29 bits per heavy atom. The standard InChI is InChI=1S/C13H18N7O/c1-8-5-20(12-10(8)11(14)16-7-17-12)9-3-13(21,4-9)6-18-19-15-2/h5,7,9,21H,3-4,6H2,1-2H3,(H2,14,16,17)/q+1. The van der Waals surface area contributed by atoms with Crippen LogP contribution in [0.25, 0.3) is 11.0 Å². The van der Waals surface area contributed by atoms with Crippen molar-refractivity contribution >= 4 is 16.9 Å². The number of fused-ring (bicyclic) bond motifs is 1. The van der Waals surface area contributed by atoms with E-state index >= 15 is 0 Å². The minimum atomic E-state index is -0.804. The van der Waals surface area contributed by atoms with Gasteiger partial charge in [-0.05, 0) is 25.3 Å². The van der Waals surface area contributed by atoms with Crippen molar-refractivity contribution in [2.75, 3.05) is 19.3 Å². The SMILES string of the molecule is CN=[N+]=NCC1(O)CC(n2cc(C)c3c(N)ncnc32)C1. The fraction of sp³-hybridized carbons (Fsp3) is 0.538. The highest BCUT2D eigenvalue weighted by atomic mass is 16.3. The minimum absolute atomic E-state index is 0.189. The molecule has 8 nitrogen and oxygen atoms in total. The van der Waals surface area contributed by atoms with Gasteiger partial charge >= 0.3 is 0 Å². The van der Waals surface area contributed by atoms with E-state index in [2.05, 4.69) is 29.7 Å². The molecule has 3 N–H and O–H groups in total. The number of aliphatic hydroxyl groups is 1. The van der Waals surface area contributed by atoms with Gasteiger partial charge in [-0.25, -0.2) is 9.97 Å². The van der Waals surface area contributed by atoms with Crippen molar-refractivity contribution < 1.29 is 5.11 Å². The summed E-state index contributed by atoms with van der Waals surface area (Å²) in [5, 5.41) is 18.6. The minimum Gasteiger partial charge on any atom is -0.388 e. The van der Waals surface area contributed by atoms with Gasteiger partial charge in [0.1, 0.15) is 35.1 Å².